The molecule has 9 heteroatoms. The lowest BCUT2D eigenvalue weighted by molar-refractivity contribution is -0.140. The normalized spacial score (nSPS) is 12.4. The first-order valence-corrected chi connectivity index (χ1v) is 10.9. The molecule has 1 heterocycles. The second-order valence-corrected chi connectivity index (χ2v) is 8.87. The minimum Gasteiger partial charge on any atom is -0.350 e. The zero-order valence-electron chi connectivity index (χ0n) is 16.8. The van der Waals surface area contributed by atoms with Gasteiger partial charge in [-0.3, -0.25) is 14.6 Å². The highest BCUT2D eigenvalue weighted by Gasteiger charge is 2.28. The minimum absolute atomic E-state index is 0.193. The van der Waals surface area contributed by atoms with Crippen LogP contribution in [0.1, 0.15) is 18.1 Å². The molecule has 2 rings (SSSR count). The maximum atomic E-state index is 12.9. The van der Waals surface area contributed by atoms with Crippen molar-refractivity contribution in [2.45, 2.75) is 26.1 Å². The molecule has 0 saturated carbocycles. The van der Waals surface area contributed by atoms with Crippen molar-refractivity contribution in [1.29, 1.82) is 0 Å². The third-order valence-corrected chi connectivity index (χ3v) is 5.74. The fourth-order valence-corrected chi connectivity index (χ4v) is 2.95. The SMILES string of the molecule is CC(C(=O)NCc1cccnc1)N(Cc1ccccc1)C(=O)CN(C)S(C)(=O)=O. The van der Waals surface area contributed by atoms with Crippen LogP contribution < -0.4 is 5.32 Å². The highest BCUT2D eigenvalue weighted by atomic mass is 32.2. The summed E-state index contributed by atoms with van der Waals surface area (Å²) in [4.78, 5) is 30.9. The molecule has 0 aliphatic heterocycles. The average Bonchev–Trinajstić information content (AvgIpc) is 2.70. The Kier molecular flexibility index (Phi) is 7.86. The third-order valence-electron chi connectivity index (χ3n) is 4.48. The first-order valence-electron chi connectivity index (χ1n) is 9.10. The Morgan fingerprint density at radius 1 is 1.10 bits per heavy atom. The molecule has 1 aromatic carbocycles. The number of benzene rings is 1. The summed E-state index contributed by atoms with van der Waals surface area (Å²) in [6, 6.07) is 12.1. The lowest BCUT2D eigenvalue weighted by Crippen LogP contribution is -2.50. The summed E-state index contributed by atoms with van der Waals surface area (Å²) in [5.41, 5.74) is 1.68. The Hall–Kier alpha value is -2.78. The van der Waals surface area contributed by atoms with E-state index in [2.05, 4.69) is 10.3 Å². The molecule has 1 atom stereocenters. The molecule has 1 N–H and O–H groups in total. The van der Waals surface area contributed by atoms with Crippen LogP contribution in [0.2, 0.25) is 0 Å². The Bertz CT molecular complexity index is 920. The molecule has 0 radical (unpaired) electrons. The van der Waals surface area contributed by atoms with Crippen molar-refractivity contribution >= 4 is 21.8 Å². The van der Waals surface area contributed by atoms with Crippen LogP contribution in [-0.4, -0.2) is 60.3 Å². The smallest absolute Gasteiger partial charge is 0.242 e. The number of carbonyl (C=O) groups excluding carboxylic acids is 2. The molecule has 1 unspecified atom stereocenters. The van der Waals surface area contributed by atoms with Gasteiger partial charge in [-0.2, -0.15) is 4.31 Å². The van der Waals surface area contributed by atoms with Gasteiger partial charge in [-0.1, -0.05) is 36.4 Å². The predicted octanol–water partition coefficient (Wildman–Crippen LogP) is 1.01. The maximum absolute atomic E-state index is 12.9. The van der Waals surface area contributed by atoms with E-state index in [4.69, 9.17) is 0 Å². The molecule has 0 aliphatic carbocycles. The van der Waals surface area contributed by atoms with Crippen molar-refractivity contribution in [1.82, 2.24) is 19.5 Å². The summed E-state index contributed by atoms with van der Waals surface area (Å²) in [6.07, 6.45) is 4.33. The second-order valence-electron chi connectivity index (χ2n) is 6.78. The highest BCUT2D eigenvalue weighted by Crippen LogP contribution is 2.11. The predicted molar refractivity (Wildman–Crippen MR) is 110 cm³/mol. The monoisotopic (exact) mass is 418 g/mol. The molecule has 0 saturated heterocycles. The third kappa shape index (κ3) is 6.95. The molecule has 0 fully saturated rings. The molecule has 1 aromatic heterocycles. The summed E-state index contributed by atoms with van der Waals surface area (Å²) >= 11 is 0. The van der Waals surface area contributed by atoms with E-state index in [1.807, 2.05) is 36.4 Å². The van der Waals surface area contributed by atoms with Crippen molar-refractivity contribution in [2.24, 2.45) is 0 Å². The molecular weight excluding hydrogens is 392 g/mol. The van der Waals surface area contributed by atoms with Gasteiger partial charge in [-0.05, 0) is 24.1 Å². The molecular formula is C20H26N4O4S. The second kappa shape index (κ2) is 10.1. The van der Waals surface area contributed by atoms with Crippen LogP contribution in [0.15, 0.2) is 54.9 Å². The molecule has 2 aromatic rings. The fraction of sp³-hybridized carbons (Fsp3) is 0.350. The molecule has 156 valence electrons. The molecule has 0 spiro atoms. The first-order chi connectivity index (χ1) is 13.7. The van der Waals surface area contributed by atoms with E-state index < -0.39 is 22.0 Å². The zero-order chi connectivity index (χ0) is 21.4. The number of amides is 2. The zero-order valence-corrected chi connectivity index (χ0v) is 17.6. The van der Waals surface area contributed by atoms with Gasteiger partial charge in [0, 0.05) is 32.5 Å². The number of hydrogen-bond acceptors (Lipinski definition) is 5. The van der Waals surface area contributed by atoms with Crippen LogP contribution in [-0.2, 0) is 32.7 Å². The van der Waals surface area contributed by atoms with E-state index >= 15 is 0 Å². The number of carbonyl (C=O) groups is 2. The standard InChI is InChI=1S/C20H26N4O4S/c1-16(20(26)22-13-18-10-7-11-21-12-18)24(14-17-8-5-4-6-9-17)19(25)15-23(2)29(3,27)28/h4-12,16H,13-15H2,1-3H3,(H,22,26). The highest BCUT2D eigenvalue weighted by molar-refractivity contribution is 7.88. The Labute approximate surface area is 171 Å². The van der Waals surface area contributed by atoms with Crippen LogP contribution in [0.4, 0.5) is 0 Å². The van der Waals surface area contributed by atoms with Gasteiger partial charge in [0.15, 0.2) is 0 Å². The fourth-order valence-electron chi connectivity index (χ4n) is 2.60. The Morgan fingerprint density at radius 3 is 2.34 bits per heavy atom. The van der Waals surface area contributed by atoms with Crippen molar-refractivity contribution in [2.75, 3.05) is 19.8 Å². The van der Waals surface area contributed by atoms with Gasteiger partial charge in [0.2, 0.25) is 21.8 Å². The van der Waals surface area contributed by atoms with Gasteiger partial charge in [0.05, 0.1) is 12.8 Å². The number of aromatic nitrogens is 1. The number of nitrogens with zero attached hydrogens (tertiary/aromatic N) is 3. The van der Waals surface area contributed by atoms with E-state index in [0.29, 0.717) is 0 Å². The van der Waals surface area contributed by atoms with Gasteiger partial charge >= 0.3 is 0 Å². The van der Waals surface area contributed by atoms with Crippen LogP contribution >= 0.6 is 0 Å². The number of rotatable bonds is 9. The molecule has 29 heavy (non-hydrogen) atoms. The summed E-state index contributed by atoms with van der Waals surface area (Å²) in [7, 11) is -2.18. The van der Waals surface area contributed by atoms with Crippen LogP contribution in [0.25, 0.3) is 0 Å². The largest absolute Gasteiger partial charge is 0.350 e. The molecule has 0 bridgehead atoms. The van der Waals surface area contributed by atoms with E-state index in [0.717, 1.165) is 21.7 Å². The number of pyridine rings is 1. The summed E-state index contributed by atoms with van der Waals surface area (Å²) < 4.78 is 24.3. The van der Waals surface area contributed by atoms with Gasteiger partial charge in [0.25, 0.3) is 0 Å². The van der Waals surface area contributed by atoms with Crippen LogP contribution in [0.3, 0.4) is 0 Å². The Balaban J connectivity index is 2.13. The summed E-state index contributed by atoms with van der Waals surface area (Å²) in [6.45, 7) is 1.76. The minimum atomic E-state index is -3.52. The molecule has 2 amide bonds. The number of sulfonamides is 1. The van der Waals surface area contributed by atoms with Crippen molar-refractivity contribution in [3.8, 4) is 0 Å². The first kappa shape index (κ1) is 22.5. The van der Waals surface area contributed by atoms with E-state index in [9.17, 15) is 18.0 Å². The average molecular weight is 419 g/mol. The van der Waals surface area contributed by atoms with Crippen molar-refractivity contribution in [3.63, 3.8) is 0 Å². The van der Waals surface area contributed by atoms with Crippen molar-refractivity contribution in [3.05, 3.63) is 66.0 Å². The quantitative estimate of drug-likeness (QED) is 0.655. The lowest BCUT2D eigenvalue weighted by Gasteiger charge is -2.30. The number of hydrogen-bond donors (Lipinski definition) is 1. The van der Waals surface area contributed by atoms with E-state index in [1.165, 1.54) is 11.9 Å². The topological polar surface area (TPSA) is 99.7 Å². The van der Waals surface area contributed by atoms with Crippen molar-refractivity contribution < 1.29 is 18.0 Å². The van der Waals surface area contributed by atoms with Gasteiger partial charge in [0.1, 0.15) is 6.04 Å². The van der Waals surface area contributed by atoms with Crippen LogP contribution in [0.5, 0.6) is 0 Å². The maximum Gasteiger partial charge on any atom is 0.242 e. The van der Waals surface area contributed by atoms with Crippen LogP contribution in [0, 0.1) is 0 Å². The lowest BCUT2D eigenvalue weighted by atomic mass is 10.1. The summed E-state index contributed by atoms with van der Waals surface area (Å²) in [5.74, 6) is -0.786. The van der Waals surface area contributed by atoms with E-state index in [1.54, 1.807) is 25.4 Å². The van der Waals surface area contributed by atoms with E-state index in [-0.39, 0.29) is 25.5 Å². The number of nitrogens with one attached hydrogen (secondary N) is 1. The van der Waals surface area contributed by atoms with Gasteiger partial charge < -0.3 is 10.2 Å². The van der Waals surface area contributed by atoms with Gasteiger partial charge in [-0.25, -0.2) is 8.42 Å². The Morgan fingerprint density at radius 2 is 1.76 bits per heavy atom. The number of likely N-dealkylation sites (N-methyl/N-ethyl adjacent to an activating group) is 1. The molecule has 8 nitrogen and oxygen atoms in total. The molecule has 0 aliphatic rings. The van der Waals surface area contributed by atoms with Gasteiger partial charge in [-0.15, -0.1) is 0 Å². The summed E-state index contributed by atoms with van der Waals surface area (Å²) in [5, 5.41) is 2.80.